The Morgan fingerprint density at radius 1 is 1.15 bits per heavy atom. The molecule has 4 fully saturated rings. The number of morpholine rings is 1. The molecule has 4 saturated heterocycles. The number of ether oxygens (including phenoxy) is 1. The van der Waals surface area contributed by atoms with Crippen LogP contribution in [0.1, 0.15) is 31.7 Å². The Hall–Kier alpha value is -1.73. The molecule has 142 valence electrons. The number of nitrogens with zero attached hydrogens (tertiary/aromatic N) is 5. The number of carbonyl (C=O) groups excluding carboxylic acids is 1. The molecule has 2 bridgehead atoms. The molecule has 26 heavy (non-hydrogen) atoms. The van der Waals surface area contributed by atoms with Crippen molar-refractivity contribution in [3.63, 3.8) is 0 Å². The first kappa shape index (κ1) is 17.7. The van der Waals surface area contributed by atoms with E-state index >= 15 is 0 Å². The first-order chi connectivity index (χ1) is 12.7. The molecular formula is C19H29N5O2. The summed E-state index contributed by atoms with van der Waals surface area (Å²) in [7, 11) is 0. The van der Waals surface area contributed by atoms with Gasteiger partial charge in [0.25, 0.3) is 0 Å². The molecule has 1 amide bonds. The standard InChI is InChI=1S/C19H29N5O2/c1-2-5-24-17-4-3-16(18(24)25)13-22(14-17)12-15-10-20-19(21-11-15)23-6-8-26-9-7-23/h10-11,16-17H,2-9,12-14H2,1H3/t16-,17+/m1/s1. The maximum absolute atomic E-state index is 12.7. The van der Waals surface area contributed by atoms with Crippen LogP contribution in [0.15, 0.2) is 12.4 Å². The average molecular weight is 359 g/mol. The molecule has 0 aromatic carbocycles. The number of aromatic nitrogens is 2. The van der Waals surface area contributed by atoms with Crippen molar-refractivity contribution in [3.05, 3.63) is 18.0 Å². The van der Waals surface area contributed by atoms with E-state index in [1.54, 1.807) is 0 Å². The summed E-state index contributed by atoms with van der Waals surface area (Å²) in [6.45, 7) is 8.88. The summed E-state index contributed by atoms with van der Waals surface area (Å²) in [5.41, 5.74) is 1.12. The van der Waals surface area contributed by atoms with Crippen molar-refractivity contribution in [1.82, 2.24) is 19.8 Å². The van der Waals surface area contributed by atoms with Gasteiger partial charge in [0.1, 0.15) is 0 Å². The van der Waals surface area contributed by atoms with Crippen LogP contribution in [0, 0.1) is 5.92 Å². The summed E-state index contributed by atoms with van der Waals surface area (Å²) < 4.78 is 5.38. The minimum atomic E-state index is 0.161. The highest BCUT2D eigenvalue weighted by Gasteiger charge is 2.40. The van der Waals surface area contributed by atoms with Crippen LogP contribution in [0.4, 0.5) is 5.95 Å². The predicted molar refractivity (Wildman–Crippen MR) is 98.9 cm³/mol. The lowest BCUT2D eigenvalue weighted by molar-refractivity contribution is -0.139. The summed E-state index contributed by atoms with van der Waals surface area (Å²) in [5, 5.41) is 0. The highest BCUT2D eigenvalue weighted by molar-refractivity contribution is 5.80. The van der Waals surface area contributed by atoms with Crippen LogP contribution in [0.3, 0.4) is 0 Å². The van der Waals surface area contributed by atoms with E-state index in [1.165, 1.54) is 0 Å². The summed E-state index contributed by atoms with van der Waals surface area (Å²) >= 11 is 0. The number of rotatable bonds is 5. The van der Waals surface area contributed by atoms with Crippen molar-refractivity contribution in [3.8, 4) is 0 Å². The van der Waals surface area contributed by atoms with Crippen molar-refractivity contribution in [2.24, 2.45) is 5.92 Å². The van der Waals surface area contributed by atoms with Gasteiger partial charge in [0.05, 0.1) is 19.1 Å². The smallest absolute Gasteiger partial charge is 0.227 e. The second kappa shape index (κ2) is 7.88. The van der Waals surface area contributed by atoms with Gasteiger partial charge in [-0.3, -0.25) is 9.69 Å². The van der Waals surface area contributed by atoms with Crippen molar-refractivity contribution in [1.29, 1.82) is 0 Å². The Labute approximate surface area is 155 Å². The first-order valence-electron chi connectivity index (χ1n) is 9.91. The molecule has 4 aliphatic heterocycles. The lowest BCUT2D eigenvalue weighted by atomic mass is 9.94. The molecule has 5 heterocycles. The maximum atomic E-state index is 12.7. The van der Waals surface area contributed by atoms with Gasteiger partial charge in [-0.15, -0.1) is 0 Å². The molecular weight excluding hydrogens is 330 g/mol. The van der Waals surface area contributed by atoms with Gasteiger partial charge >= 0.3 is 0 Å². The predicted octanol–water partition coefficient (Wildman–Crippen LogP) is 1.15. The van der Waals surface area contributed by atoms with E-state index in [4.69, 9.17) is 4.74 Å². The van der Waals surface area contributed by atoms with Gasteiger partial charge in [0.2, 0.25) is 11.9 Å². The van der Waals surface area contributed by atoms with Gasteiger partial charge in [-0.2, -0.15) is 0 Å². The molecule has 7 nitrogen and oxygen atoms in total. The molecule has 1 aromatic heterocycles. The number of piperidine rings is 1. The zero-order chi connectivity index (χ0) is 17.9. The average Bonchev–Trinajstić information content (AvgIpc) is 2.95. The molecule has 7 heteroatoms. The zero-order valence-electron chi connectivity index (χ0n) is 15.6. The number of hydrogen-bond acceptors (Lipinski definition) is 6. The highest BCUT2D eigenvalue weighted by Crippen LogP contribution is 2.30. The maximum Gasteiger partial charge on any atom is 0.227 e. The third kappa shape index (κ3) is 3.69. The number of amides is 1. The fourth-order valence-electron chi connectivity index (χ4n) is 4.41. The number of carbonyl (C=O) groups is 1. The monoisotopic (exact) mass is 359 g/mol. The van der Waals surface area contributed by atoms with Crippen LogP contribution in [-0.2, 0) is 16.1 Å². The van der Waals surface area contributed by atoms with Gasteiger partial charge in [-0.05, 0) is 19.3 Å². The van der Waals surface area contributed by atoms with Gasteiger partial charge in [0, 0.05) is 63.3 Å². The molecule has 0 saturated carbocycles. The van der Waals surface area contributed by atoms with E-state index < -0.39 is 0 Å². The quantitative estimate of drug-likeness (QED) is 0.786. The summed E-state index contributed by atoms with van der Waals surface area (Å²) in [5.74, 6) is 1.32. The molecule has 5 rings (SSSR count). The lowest BCUT2D eigenvalue weighted by Gasteiger charge is -2.35. The Morgan fingerprint density at radius 2 is 1.92 bits per heavy atom. The second-order valence-electron chi connectivity index (χ2n) is 7.64. The van der Waals surface area contributed by atoms with E-state index in [2.05, 4.69) is 31.6 Å². The molecule has 0 spiro atoms. The summed E-state index contributed by atoms with van der Waals surface area (Å²) in [6.07, 6.45) is 7.09. The number of fused-ring (bicyclic) bond motifs is 4. The summed E-state index contributed by atoms with van der Waals surface area (Å²) in [6, 6.07) is 0.370. The molecule has 0 radical (unpaired) electrons. The second-order valence-corrected chi connectivity index (χ2v) is 7.64. The van der Waals surface area contributed by atoms with Crippen molar-refractivity contribution < 1.29 is 9.53 Å². The van der Waals surface area contributed by atoms with E-state index in [1.807, 2.05) is 12.4 Å². The molecule has 4 aliphatic rings. The van der Waals surface area contributed by atoms with E-state index in [-0.39, 0.29) is 5.92 Å². The SMILES string of the molecule is CCCN1C(=O)[C@@H]2CC[C@H]1CN(Cc1cnc(N3CCOCC3)nc1)C2. The van der Waals surface area contributed by atoms with E-state index in [9.17, 15) is 4.79 Å². The molecule has 0 aliphatic carbocycles. The molecule has 0 N–H and O–H groups in total. The Bertz CT molecular complexity index is 617. The van der Waals surface area contributed by atoms with Gasteiger partial charge in [-0.1, -0.05) is 6.92 Å². The third-order valence-corrected chi connectivity index (χ3v) is 5.73. The fraction of sp³-hybridized carbons (Fsp3) is 0.737. The Kier molecular flexibility index (Phi) is 5.36. The van der Waals surface area contributed by atoms with Crippen LogP contribution in [0.5, 0.6) is 0 Å². The van der Waals surface area contributed by atoms with E-state index in [0.29, 0.717) is 11.9 Å². The fourth-order valence-corrected chi connectivity index (χ4v) is 4.41. The van der Waals surface area contributed by atoms with Gasteiger partial charge in [0.15, 0.2) is 0 Å². The molecule has 0 unspecified atom stereocenters. The number of hydrogen-bond donors (Lipinski definition) is 0. The molecule has 2 atom stereocenters. The largest absolute Gasteiger partial charge is 0.378 e. The van der Waals surface area contributed by atoms with Crippen LogP contribution in [-0.4, -0.2) is 77.7 Å². The van der Waals surface area contributed by atoms with E-state index in [0.717, 1.165) is 83.3 Å². The van der Waals surface area contributed by atoms with Crippen molar-refractivity contribution in [2.75, 3.05) is 50.8 Å². The summed E-state index contributed by atoms with van der Waals surface area (Å²) in [4.78, 5) is 28.5. The Balaban J connectivity index is 1.40. The van der Waals surface area contributed by atoms with Crippen LogP contribution in [0.2, 0.25) is 0 Å². The van der Waals surface area contributed by atoms with Crippen LogP contribution < -0.4 is 4.90 Å². The van der Waals surface area contributed by atoms with Crippen molar-refractivity contribution in [2.45, 2.75) is 38.8 Å². The van der Waals surface area contributed by atoms with Gasteiger partial charge < -0.3 is 14.5 Å². The highest BCUT2D eigenvalue weighted by atomic mass is 16.5. The zero-order valence-corrected chi connectivity index (χ0v) is 15.6. The molecule has 1 aromatic rings. The Morgan fingerprint density at radius 3 is 2.65 bits per heavy atom. The van der Waals surface area contributed by atoms with Crippen molar-refractivity contribution >= 4 is 11.9 Å². The van der Waals surface area contributed by atoms with Gasteiger partial charge in [-0.25, -0.2) is 9.97 Å². The normalized spacial score (nSPS) is 27.0. The van der Waals surface area contributed by atoms with Crippen LogP contribution in [0.25, 0.3) is 0 Å². The third-order valence-electron chi connectivity index (χ3n) is 5.73. The lowest BCUT2D eigenvalue weighted by Crippen LogP contribution is -2.48. The first-order valence-corrected chi connectivity index (χ1v) is 9.91. The number of anilines is 1. The minimum Gasteiger partial charge on any atom is -0.378 e. The topological polar surface area (TPSA) is 61.8 Å². The minimum absolute atomic E-state index is 0.161. The van der Waals surface area contributed by atoms with Crippen LogP contribution >= 0.6 is 0 Å².